The molecule has 2 aromatic rings. The Morgan fingerprint density at radius 2 is 1.94 bits per heavy atom. The fourth-order valence-electron chi connectivity index (χ4n) is 1.77. The van der Waals surface area contributed by atoms with Crippen LogP contribution in [0.4, 0.5) is 0 Å². The first kappa shape index (κ1) is 11.9. The minimum atomic E-state index is 0.246. The molecule has 0 saturated heterocycles. The Balaban J connectivity index is 1.89. The Bertz CT molecular complexity index is 431. The summed E-state index contributed by atoms with van der Waals surface area (Å²) in [7, 11) is 0. The molecule has 0 aliphatic carbocycles. The van der Waals surface area contributed by atoms with E-state index in [-0.39, 0.29) is 6.04 Å². The van der Waals surface area contributed by atoms with Crippen molar-refractivity contribution in [2.45, 2.75) is 32.9 Å². The average molecular weight is 229 g/mol. The van der Waals surface area contributed by atoms with Gasteiger partial charge in [-0.05, 0) is 24.5 Å². The van der Waals surface area contributed by atoms with E-state index >= 15 is 0 Å². The van der Waals surface area contributed by atoms with Crippen molar-refractivity contribution < 1.29 is 0 Å². The third kappa shape index (κ3) is 3.17. The fourth-order valence-corrected chi connectivity index (χ4v) is 1.77. The number of aromatic nitrogens is 2. The molecule has 1 heterocycles. The second-order valence-corrected chi connectivity index (χ2v) is 4.25. The normalized spacial score (nSPS) is 12.6. The number of rotatable bonds is 5. The number of hydrogen-bond acceptors (Lipinski definition) is 2. The van der Waals surface area contributed by atoms with E-state index in [1.54, 1.807) is 6.20 Å². The highest BCUT2D eigenvalue weighted by Crippen LogP contribution is 2.09. The van der Waals surface area contributed by atoms with Crippen molar-refractivity contribution in [1.29, 1.82) is 0 Å². The predicted molar refractivity (Wildman–Crippen MR) is 69.7 cm³/mol. The van der Waals surface area contributed by atoms with Crippen molar-refractivity contribution in [2.24, 2.45) is 0 Å². The van der Waals surface area contributed by atoms with Crippen molar-refractivity contribution in [3.8, 4) is 0 Å². The molecule has 0 aliphatic heterocycles. The molecule has 17 heavy (non-hydrogen) atoms. The van der Waals surface area contributed by atoms with Crippen molar-refractivity contribution >= 4 is 0 Å². The van der Waals surface area contributed by atoms with Crippen LogP contribution in [0, 0.1) is 0 Å². The van der Waals surface area contributed by atoms with Crippen LogP contribution in [0.1, 0.15) is 36.8 Å². The lowest BCUT2D eigenvalue weighted by Gasteiger charge is -2.11. The second-order valence-electron chi connectivity index (χ2n) is 4.25. The Hall–Kier alpha value is -1.61. The number of H-pyrrole nitrogens is 1. The summed E-state index contributed by atoms with van der Waals surface area (Å²) in [6.07, 6.45) is 4.73. The maximum atomic E-state index is 4.24. The lowest BCUT2D eigenvalue weighted by Crippen LogP contribution is -2.19. The Labute approximate surface area is 102 Å². The molecule has 0 spiro atoms. The van der Waals surface area contributed by atoms with Gasteiger partial charge in [0.1, 0.15) is 5.82 Å². The zero-order valence-electron chi connectivity index (χ0n) is 10.4. The fraction of sp³-hybridized carbons (Fsp3) is 0.357. The number of benzene rings is 1. The quantitative estimate of drug-likeness (QED) is 0.827. The SMILES string of the molecule is CCc1ccc(CNC(C)c2ncc[nH]2)cc1. The molecule has 1 aromatic heterocycles. The lowest BCUT2D eigenvalue weighted by molar-refractivity contribution is 0.551. The number of hydrogen-bond donors (Lipinski definition) is 2. The minimum Gasteiger partial charge on any atom is -0.347 e. The Morgan fingerprint density at radius 1 is 1.24 bits per heavy atom. The standard InChI is InChI=1S/C14H19N3/c1-3-12-4-6-13(7-5-12)10-17-11(2)14-15-8-9-16-14/h4-9,11,17H,3,10H2,1-2H3,(H,15,16). The number of nitrogens with zero attached hydrogens (tertiary/aromatic N) is 1. The summed E-state index contributed by atoms with van der Waals surface area (Å²) in [6.45, 7) is 5.15. The molecule has 3 nitrogen and oxygen atoms in total. The number of imidazole rings is 1. The average Bonchev–Trinajstić information content (AvgIpc) is 2.90. The highest BCUT2D eigenvalue weighted by molar-refractivity contribution is 5.22. The van der Waals surface area contributed by atoms with Gasteiger partial charge in [0.15, 0.2) is 0 Å². The van der Waals surface area contributed by atoms with E-state index < -0.39 is 0 Å². The van der Waals surface area contributed by atoms with Crippen molar-refractivity contribution in [3.05, 3.63) is 53.6 Å². The van der Waals surface area contributed by atoms with Crippen LogP contribution in [-0.2, 0) is 13.0 Å². The first-order chi connectivity index (χ1) is 8.29. The summed E-state index contributed by atoms with van der Waals surface area (Å²) >= 11 is 0. The van der Waals surface area contributed by atoms with E-state index in [1.165, 1.54) is 11.1 Å². The molecule has 0 amide bonds. The third-order valence-corrected chi connectivity index (χ3v) is 2.97. The van der Waals surface area contributed by atoms with Crippen LogP contribution in [0.2, 0.25) is 0 Å². The molecule has 90 valence electrons. The van der Waals surface area contributed by atoms with Gasteiger partial charge < -0.3 is 10.3 Å². The Kier molecular flexibility index (Phi) is 3.94. The molecule has 0 radical (unpaired) electrons. The zero-order valence-corrected chi connectivity index (χ0v) is 10.4. The summed E-state index contributed by atoms with van der Waals surface area (Å²) in [4.78, 5) is 7.36. The van der Waals surface area contributed by atoms with E-state index in [9.17, 15) is 0 Å². The van der Waals surface area contributed by atoms with Gasteiger partial charge in [-0.2, -0.15) is 0 Å². The minimum absolute atomic E-state index is 0.246. The molecule has 0 saturated carbocycles. The topological polar surface area (TPSA) is 40.7 Å². The molecule has 0 fully saturated rings. The van der Waals surface area contributed by atoms with Crippen LogP contribution in [0.15, 0.2) is 36.7 Å². The highest BCUT2D eigenvalue weighted by Gasteiger charge is 2.06. The van der Waals surface area contributed by atoms with Gasteiger partial charge in [-0.1, -0.05) is 31.2 Å². The van der Waals surface area contributed by atoms with Gasteiger partial charge in [-0.3, -0.25) is 0 Å². The first-order valence-electron chi connectivity index (χ1n) is 6.10. The monoisotopic (exact) mass is 229 g/mol. The van der Waals surface area contributed by atoms with Gasteiger partial charge in [0.25, 0.3) is 0 Å². The van der Waals surface area contributed by atoms with Gasteiger partial charge in [0.05, 0.1) is 6.04 Å². The molecule has 3 heteroatoms. The maximum absolute atomic E-state index is 4.24. The van der Waals surface area contributed by atoms with E-state index in [0.29, 0.717) is 0 Å². The number of aromatic amines is 1. The van der Waals surface area contributed by atoms with Gasteiger partial charge in [-0.15, -0.1) is 0 Å². The van der Waals surface area contributed by atoms with Gasteiger partial charge >= 0.3 is 0 Å². The smallest absolute Gasteiger partial charge is 0.122 e. The van der Waals surface area contributed by atoms with Crippen LogP contribution in [0.5, 0.6) is 0 Å². The van der Waals surface area contributed by atoms with E-state index in [0.717, 1.165) is 18.8 Å². The maximum Gasteiger partial charge on any atom is 0.122 e. The summed E-state index contributed by atoms with van der Waals surface area (Å²) in [5.41, 5.74) is 2.69. The van der Waals surface area contributed by atoms with Crippen LogP contribution >= 0.6 is 0 Å². The number of nitrogens with one attached hydrogen (secondary N) is 2. The van der Waals surface area contributed by atoms with Crippen LogP contribution < -0.4 is 5.32 Å². The van der Waals surface area contributed by atoms with Crippen LogP contribution in [0.3, 0.4) is 0 Å². The summed E-state index contributed by atoms with van der Waals surface area (Å²) in [5.74, 6) is 0.982. The summed E-state index contributed by atoms with van der Waals surface area (Å²) in [5, 5.41) is 3.45. The summed E-state index contributed by atoms with van der Waals surface area (Å²) in [6, 6.07) is 8.99. The highest BCUT2D eigenvalue weighted by atomic mass is 15.0. The molecular weight excluding hydrogens is 210 g/mol. The van der Waals surface area contributed by atoms with E-state index in [2.05, 4.69) is 53.4 Å². The third-order valence-electron chi connectivity index (χ3n) is 2.97. The molecule has 1 atom stereocenters. The van der Waals surface area contributed by atoms with E-state index in [1.807, 2.05) is 6.20 Å². The molecule has 2 rings (SSSR count). The van der Waals surface area contributed by atoms with Gasteiger partial charge in [0.2, 0.25) is 0 Å². The van der Waals surface area contributed by atoms with Crippen molar-refractivity contribution in [3.63, 3.8) is 0 Å². The second kappa shape index (κ2) is 5.64. The predicted octanol–water partition coefficient (Wildman–Crippen LogP) is 2.82. The molecule has 0 bridgehead atoms. The van der Waals surface area contributed by atoms with Crippen molar-refractivity contribution in [1.82, 2.24) is 15.3 Å². The molecule has 0 aliphatic rings. The molecule has 2 N–H and O–H groups in total. The van der Waals surface area contributed by atoms with Crippen LogP contribution in [-0.4, -0.2) is 9.97 Å². The number of aryl methyl sites for hydroxylation is 1. The molecule has 1 unspecified atom stereocenters. The van der Waals surface area contributed by atoms with Crippen LogP contribution in [0.25, 0.3) is 0 Å². The zero-order chi connectivity index (χ0) is 12.1. The van der Waals surface area contributed by atoms with Crippen molar-refractivity contribution in [2.75, 3.05) is 0 Å². The molecule has 1 aromatic carbocycles. The van der Waals surface area contributed by atoms with E-state index in [4.69, 9.17) is 0 Å². The molecular formula is C14H19N3. The summed E-state index contributed by atoms with van der Waals surface area (Å²) < 4.78 is 0. The van der Waals surface area contributed by atoms with Gasteiger partial charge in [-0.25, -0.2) is 4.98 Å². The lowest BCUT2D eigenvalue weighted by atomic mass is 10.1. The Morgan fingerprint density at radius 3 is 2.53 bits per heavy atom. The van der Waals surface area contributed by atoms with Gasteiger partial charge in [0, 0.05) is 18.9 Å². The first-order valence-corrected chi connectivity index (χ1v) is 6.10. The largest absolute Gasteiger partial charge is 0.347 e.